The summed E-state index contributed by atoms with van der Waals surface area (Å²) in [4.78, 5) is 26.8. The van der Waals surface area contributed by atoms with Gasteiger partial charge in [0, 0.05) is 15.6 Å². The van der Waals surface area contributed by atoms with E-state index in [1.807, 2.05) is 31.2 Å². The van der Waals surface area contributed by atoms with Crippen LogP contribution in [0.5, 0.6) is 11.5 Å². The molecule has 3 aromatic rings. The number of halogens is 3. The standard InChI is InChI=1S/C26H20BrClFNO4S/c1-16-4-2-5-19(12-16)33-11-10-30-25(31)24(35-26(30)32)14-17-13-18(27)8-9-23(17)34-15-20-21(28)6-3-7-22(20)29/h2-9,12-14H,10-11,15H2,1H3/b24-14-. The Morgan fingerprint density at radius 1 is 1.09 bits per heavy atom. The number of hydrogen-bond acceptors (Lipinski definition) is 5. The zero-order chi connectivity index (χ0) is 24.9. The summed E-state index contributed by atoms with van der Waals surface area (Å²) >= 11 is 10.4. The molecule has 1 aliphatic heterocycles. The maximum Gasteiger partial charge on any atom is 0.293 e. The highest BCUT2D eigenvalue weighted by atomic mass is 79.9. The van der Waals surface area contributed by atoms with Gasteiger partial charge in [0.15, 0.2) is 0 Å². The molecule has 3 aromatic carbocycles. The van der Waals surface area contributed by atoms with Crippen LogP contribution >= 0.6 is 39.3 Å². The number of aryl methyl sites for hydroxylation is 1. The van der Waals surface area contributed by atoms with E-state index in [-0.39, 0.29) is 40.5 Å². The molecular weight excluding hydrogens is 557 g/mol. The number of benzene rings is 3. The van der Waals surface area contributed by atoms with Crippen molar-refractivity contribution >= 4 is 56.5 Å². The number of carbonyl (C=O) groups is 2. The van der Waals surface area contributed by atoms with Crippen molar-refractivity contribution in [3.8, 4) is 11.5 Å². The van der Waals surface area contributed by atoms with E-state index in [4.69, 9.17) is 21.1 Å². The minimum Gasteiger partial charge on any atom is -0.492 e. The topological polar surface area (TPSA) is 55.8 Å². The summed E-state index contributed by atoms with van der Waals surface area (Å²) in [6, 6.07) is 17.2. The number of rotatable bonds is 8. The van der Waals surface area contributed by atoms with Gasteiger partial charge in [-0.05, 0) is 72.8 Å². The fourth-order valence-corrected chi connectivity index (χ4v) is 4.83. The van der Waals surface area contributed by atoms with Gasteiger partial charge in [-0.15, -0.1) is 0 Å². The van der Waals surface area contributed by atoms with E-state index in [1.54, 1.807) is 30.3 Å². The predicted molar refractivity (Wildman–Crippen MR) is 139 cm³/mol. The summed E-state index contributed by atoms with van der Waals surface area (Å²) in [5, 5.41) is -0.109. The van der Waals surface area contributed by atoms with Gasteiger partial charge in [-0.1, -0.05) is 45.7 Å². The summed E-state index contributed by atoms with van der Waals surface area (Å²) < 4.78 is 26.4. The molecule has 0 saturated carbocycles. The normalized spacial score (nSPS) is 14.6. The number of ether oxygens (including phenoxy) is 2. The summed E-state index contributed by atoms with van der Waals surface area (Å²) in [5.74, 6) is 0.224. The lowest BCUT2D eigenvalue weighted by Gasteiger charge is -2.14. The van der Waals surface area contributed by atoms with E-state index in [0.717, 1.165) is 26.7 Å². The molecule has 1 fully saturated rings. The van der Waals surface area contributed by atoms with Crippen LogP contribution in [0.1, 0.15) is 16.7 Å². The quantitative estimate of drug-likeness (QED) is 0.265. The maximum atomic E-state index is 14.1. The summed E-state index contributed by atoms with van der Waals surface area (Å²) in [6.07, 6.45) is 1.59. The Morgan fingerprint density at radius 2 is 1.89 bits per heavy atom. The first-order valence-electron chi connectivity index (χ1n) is 10.6. The van der Waals surface area contributed by atoms with E-state index >= 15 is 0 Å². The molecule has 0 radical (unpaired) electrons. The van der Waals surface area contributed by atoms with Crippen LogP contribution in [-0.4, -0.2) is 29.2 Å². The number of nitrogens with zero attached hydrogens (tertiary/aromatic N) is 1. The molecule has 0 bridgehead atoms. The van der Waals surface area contributed by atoms with Crippen molar-refractivity contribution < 1.29 is 23.5 Å². The Morgan fingerprint density at radius 3 is 2.66 bits per heavy atom. The van der Waals surface area contributed by atoms with Crippen LogP contribution in [0, 0.1) is 12.7 Å². The molecule has 2 amide bonds. The fraction of sp³-hybridized carbons (Fsp3) is 0.154. The lowest BCUT2D eigenvalue weighted by Crippen LogP contribution is -2.32. The molecule has 0 unspecified atom stereocenters. The van der Waals surface area contributed by atoms with E-state index in [1.165, 1.54) is 12.1 Å². The number of imide groups is 1. The molecule has 0 aliphatic carbocycles. The van der Waals surface area contributed by atoms with Gasteiger partial charge in [0.25, 0.3) is 11.1 Å². The van der Waals surface area contributed by atoms with E-state index < -0.39 is 11.7 Å². The van der Waals surface area contributed by atoms with Crippen LogP contribution in [0.25, 0.3) is 6.08 Å². The van der Waals surface area contributed by atoms with Gasteiger partial charge in [0.1, 0.15) is 30.5 Å². The van der Waals surface area contributed by atoms with Gasteiger partial charge < -0.3 is 9.47 Å². The highest BCUT2D eigenvalue weighted by molar-refractivity contribution is 9.10. The average molecular weight is 577 g/mol. The second-order valence-electron chi connectivity index (χ2n) is 7.67. The smallest absolute Gasteiger partial charge is 0.293 e. The monoisotopic (exact) mass is 575 g/mol. The SMILES string of the molecule is Cc1cccc(OCCN2C(=O)S/C(=C\c3cc(Br)ccc3OCc3c(F)cccc3Cl)C2=O)c1. The third-order valence-electron chi connectivity index (χ3n) is 5.14. The van der Waals surface area contributed by atoms with E-state index in [9.17, 15) is 14.0 Å². The number of carbonyl (C=O) groups excluding carboxylic acids is 2. The molecule has 0 spiro atoms. The van der Waals surface area contributed by atoms with Gasteiger partial charge >= 0.3 is 0 Å². The highest BCUT2D eigenvalue weighted by Gasteiger charge is 2.35. The molecule has 1 heterocycles. The minimum atomic E-state index is -0.467. The van der Waals surface area contributed by atoms with E-state index in [2.05, 4.69) is 15.9 Å². The highest BCUT2D eigenvalue weighted by Crippen LogP contribution is 2.35. The van der Waals surface area contributed by atoms with Gasteiger partial charge in [-0.25, -0.2) is 4.39 Å². The van der Waals surface area contributed by atoms with Crippen molar-refractivity contribution in [2.24, 2.45) is 0 Å². The molecule has 0 aromatic heterocycles. The summed E-state index contributed by atoms with van der Waals surface area (Å²) in [7, 11) is 0. The Kier molecular flexibility index (Phi) is 8.15. The Bertz CT molecular complexity index is 1300. The summed E-state index contributed by atoms with van der Waals surface area (Å²) in [5.41, 5.74) is 1.85. The molecule has 9 heteroatoms. The second-order valence-corrected chi connectivity index (χ2v) is 9.99. The number of hydrogen-bond donors (Lipinski definition) is 0. The van der Waals surface area contributed by atoms with Crippen LogP contribution in [0.3, 0.4) is 0 Å². The van der Waals surface area contributed by atoms with Crippen LogP contribution in [-0.2, 0) is 11.4 Å². The fourth-order valence-electron chi connectivity index (χ4n) is 3.38. The van der Waals surface area contributed by atoms with Crippen molar-refractivity contribution in [3.63, 3.8) is 0 Å². The van der Waals surface area contributed by atoms with Crippen molar-refractivity contribution in [2.75, 3.05) is 13.2 Å². The maximum absolute atomic E-state index is 14.1. The van der Waals surface area contributed by atoms with Crippen LogP contribution in [0.4, 0.5) is 9.18 Å². The summed E-state index contributed by atoms with van der Waals surface area (Å²) in [6.45, 7) is 2.18. The first kappa shape index (κ1) is 25.3. The molecule has 180 valence electrons. The first-order valence-corrected chi connectivity index (χ1v) is 12.6. The van der Waals surface area contributed by atoms with Crippen molar-refractivity contribution in [1.29, 1.82) is 0 Å². The molecule has 4 rings (SSSR count). The Balaban J connectivity index is 1.47. The Labute approximate surface area is 220 Å². The van der Waals surface area contributed by atoms with Crippen molar-refractivity contribution in [2.45, 2.75) is 13.5 Å². The van der Waals surface area contributed by atoms with E-state index in [0.29, 0.717) is 17.1 Å². The third-order valence-corrected chi connectivity index (χ3v) is 6.89. The average Bonchev–Trinajstić information content (AvgIpc) is 3.07. The molecule has 1 saturated heterocycles. The largest absolute Gasteiger partial charge is 0.492 e. The van der Waals surface area contributed by atoms with Crippen LogP contribution < -0.4 is 9.47 Å². The number of thioether (sulfide) groups is 1. The van der Waals surface area contributed by atoms with Gasteiger partial charge in [-0.3, -0.25) is 14.5 Å². The molecule has 0 atom stereocenters. The van der Waals surface area contributed by atoms with Crippen molar-refractivity contribution in [1.82, 2.24) is 4.90 Å². The van der Waals surface area contributed by atoms with Crippen molar-refractivity contribution in [3.05, 3.63) is 97.6 Å². The van der Waals surface area contributed by atoms with Crippen LogP contribution in [0.15, 0.2) is 70.0 Å². The molecule has 35 heavy (non-hydrogen) atoms. The first-order chi connectivity index (χ1) is 16.8. The van der Waals surface area contributed by atoms with Gasteiger partial charge in [-0.2, -0.15) is 0 Å². The predicted octanol–water partition coefficient (Wildman–Crippen LogP) is 7.24. The zero-order valence-corrected chi connectivity index (χ0v) is 21.8. The molecule has 5 nitrogen and oxygen atoms in total. The molecular formula is C26H20BrClFNO4S. The zero-order valence-electron chi connectivity index (χ0n) is 18.6. The third kappa shape index (κ3) is 6.25. The minimum absolute atomic E-state index is 0.0915. The lowest BCUT2D eigenvalue weighted by atomic mass is 10.1. The number of amides is 2. The lowest BCUT2D eigenvalue weighted by molar-refractivity contribution is -0.123. The molecule has 0 N–H and O–H groups in total. The van der Waals surface area contributed by atoms with Gasteiger partial charge in [0.2, 0.25) is 0 Å². The molecule has 1 aliphatic rings. The van der Waals surface area contributed by atoms with Crippen LogP contribution in [0.2, 0.25) is 5.02 Å². The van der Waals surface area contributed by atoms with Gasteiger partial charge in [0.05, 0.1) is 16.5 Å². The second kappa shape index (κ2) is 11.3. The Hall–Kier alpha value is -2.81.